The smallest absolute Gasteiger partial charge is 0.357 e. The standard InChI is InChI=1S/C13H15N2O7PS2/c1-23(16,21-24(17,18)12-6-2-10(14)3-7-12)22-25(19,20)13-8-4-11(15)5-9-13/h2-9H,14-15H2,1H3. The fourth-order valence-electron chi connectivity index (χ4n) is 1.72. The summed E-state index contributed by atoms with van der Waals surface area (Å²) in [7, 11) is -13.6. The van der Waals surface area contributed by atoms with Crippen LogP contribution in [0.4, 0.5) is 11.4 Å². The Morgan fingerprint density at radius 1 is 0.720 bits per heavy atom. The highest BCUT2D eigenvalue weighted by molar-refractivity contribution is 7.95. The van der Waals surface area contributed by atoms with Gasteiger partial charge in [0.1, 0.15) is 0 Å². The third-order valence-electron chi connectivity index (χ3n) is 2.80. The van der Waals surface area contributed by atoms with E-state index in [1.54, 1.807) is 0 Å². The van der Waals surface area contributed by atoms with Gasteiger partial charge in [0.15, 0.2) is 0 Å². The minimum atomic E-state index is -4.53. The maximum absolute atomic E-state index is 12.3. The van der Waals surface area contributed by atoms with E-state index in [9.17, 15) is 21.4 Å². The van der Waals surface area contributed by atoms with Crippen LogP contribution in [0.2, 0.25) is 0 Å². The Bertz CT molecular complexity index is 936. The molecule has 0 unspecified atom stereocenters. The molecule has 9 nitrogen and oxygen atoms in total. The monoisotopic (exact) mass is 406 g/mol. The van der Waals surface area contributed by atoms with E-state index in [1.165, 1.54) is 24.3 Å². The number of nitrogens with two attached hydrogens (primary N) is 2. The van der Waals surface area contributed by atoms with Crippen LogP contribution in [-0.2, 0) is 32.7 Å². The fourth-order valence-corrected chi connectivity index (χ4v) is 6.53. The van der Waals surface area contributed by atoms with Crippen molar-refractivity contribution in [3.63, 3.8) is 0 Å². The van der Waals surface area contributed by atoms with Gasteiger partial charge in [-0.2, -0.15) is 24.8 Å². The summed E-state index contributed by atoms with van der Waals surface area (Å²) in [6.07, 6.45) is 0. The molecule has 0 radical (unpaired) electrons. The summed E-state index contributed by atoms with van der Waals surface area (Å²) < 4.78 is 69.7. The Hall–Kier alpha value is -1.91. The highest BCUT2D eigenvalue weighted by Crippen LogP contribution is 2.49. The summed E-state index contributed by atoms with van der Waals surface area (Å²) in [5.41, 5.74) is 11.5. The molecule has 0 fully saturated rings. The van der Waals surface area contributed by atoms with Gasteiger partial charge in [-0.3, -0.25) is 4.57 Å². The topological polar surface area (TPSA) is 156 Å². The Morgan fingerprint density at radius 2 is 1.00 bits per heavy atom. The first-order valence-electron chi connectivity index (χ1n) is 6.62. The van der Waals surface area contributed by atoms with Crippen LogP contribution < -0.4 is 11.5 Å². The fraction of sp³-hybridized carbons (Fsp3) is 0.0769. The van der Waals surface area contributed by atoms with Crippen molar-refractivity contribution in [1.82, 2.24) is 0 Å². The van der Waals surface area contributed by atoms with Crippen molar-refractivity contribution in [1.29, 1.82) is 0 Å². The van der Waals surface area contributed by atoms with Crippen molar-refractivity contribution in [2.24, 2.45) is 0 Å². The SMILES string of the molecule is CP(=O)(OS(=O)(=O)c1ccc(N)cc1)OS(=O)(=O)c1ccc(N)cc1. The maximum atomic E-state index is 12.3. The number of nitrogen functional groups attached to an aromatic ring is 2. The summed E-state index contributed by atoms with van der Waals surface area (Å²) in [5.74, 6) is 0. The van der Waals surface area contributed by atoms with E-state index >= 15 is 0 Å². The summed E-state index contributed by atoms with van der Waals surface area (Å²) in [5, 5.41) is 0. The van der Waals surface area contributed by atoms with Crippen molar-refractivity contribution >= 4 is 39.2 Å². The van der Waals surface area contributed by atoms with Gasteiger partial charge in [-0.1, -0.05) is 0 Å². The lowest BCUT2D eigenvalue weighted by atomic mass is 10.3. The Labute approximate surface area is 145 Å². The maximum Gasteiger partial charge on any atom is 0.357 e. The number of hydrogen-bond donors (Lipinski definition) is 2. The molecule has 0 aliphatic carbocycles. The second-order valence-corrected chi connectivity index (χ2v) is 10.5. The van der Waals surface area contributed by atoms with E-state index in [4.69, 9.17) is 11.5 Å². The van der Waals surface area contributed by atoms with Crippen LogP contribution in [0.15, 0.2) is 58.3 Å². The van der Waals surface area contributed by atoms with Crippen LogP contribution >= 0.6 is 7.60 Å². The summed E-state index contributed by atoms with van der Waals surface area (Å²) in [6.45, 7) is 0.733. The van der Waals surface area contributed by atoms with Gasteiger partial charge in [-0.15, -0.1) is 0 Å². The van der Waals surface area contributed by atoms with Gasteiger partial charge >= 0.3 is 27.8 Å². The van der Waals surface area contributed by atoms with Gasteiger partial charge in [0.2, 0.25) is 0 Å². The molecule has 0 amide bonds. The largest absolute Gasteiger partial charge is 0.399 e. The van der Waals surface area contributed by atoms with Gasteiger partial charge in [0, 0.05) is 18.0 Å². The number of benzene rings is 2. The minimum absolute atomic E-state index is 0.306. The zero-order chi connectivity index (χ0) is 18.9. The van der Waals surface area contributed by atoms with Crippen LogP contribution in [0.25, 0.3) is 0 Å². The molecule has 0 bridgehead atoms. The molecule has 2 aromatic rings. The van der Waals surface area contributed by atoms with Crippen LogP contribution in [0, 0.1) is 0 Å². The molecule has 25 heavy (non-hydrogen) atoms. The summed E-state index contributed by atoms with van der Waals surface area (Å²) in [4.78, 5) is -0.700. The van der Waals surface area contributed by atoms with Crippen LogP contribution in [0.1, 0.15) is 0 Å². The molecule has 0 saturated carbocycles. The van der Waals surface area contributed by atoms with Crippen molar-refractivity contribution in [2.75, 3.05) is 18.1 Å². The predicted octanol–water partition coefficient (Wildman–Crippen LogP) is 1.78. The first kappa shape index (κ1) is 19.4. The number of anilines is 2. The quantitative estimate of drug-likeness (QED) is 0.539. The van der Waals surface area contributed by atoms with Crippen molar-refractivity contribution in [3.05, 3.63) is 48.5 Å². The van der Waals surface area contributed by atoms with E-state index in [0.717, 1.165) is 30.9 Å². The first-order chi connectivity index (χ1) is 11.4. The van der Waals surface area contributed by atoms with E-state index in [1.807, 2.05) is 0 Å². The molecule has 0 atom stereocenters. The van der Waals surface area contributed by atoms with Gasteiger partial charge in [-0.05, 0) is 48.5 Å². The molecule has 0 spiro atoms. The Balaban J connectivity index is 2.25. The Kier molecular flexibility index (Phi) is 5.26. The number of hydrogen-bond acceptors (Lipinski definition) is 9. The second kappa shape index (κ2) is 6.77. The molecule has 2 rings (SSSR count). The van der Waals surface area contributed by atoms with Crippen molar-refractivity contribution < 1.29 is 29.3 Å². The first-order valence-corrected chi connectivity index (χ1v) is 11.4. The Morgan fingerprint density at radius 3 is 1.28 bits per heavy atom. The van der Waals surface area contributed by atoms with Gasteiger partial charge in [-0.25, -0.2) is 0 Å². The molecule has 136 valence electrons. The normalized spacial score (nSPS) is 12.8. The molecule has 4 N–H and O–H groups in total. The predicted molar refractivity (Wildman–Crippen MR) is 91.8 cm³/mol. The highest BCUT2D eigenvalue weighted by atomic mass is 32.2. The van der Waals surface area contributed by atoms with E-state index < -0.39 is 27.8 Å². The van der Waals surface area contributed by atoms with Gasteiger partial charge < -0.3 is 11.5 Å². The molecule has 0 aliphatic heterocycles. The molecule has 0 aromatic heterocycles. The number of rotatable bonds is 6. The molecular formula is C13H15N2O7PS2. The molecule has 2 aromatic carbocycles. The van der Waals surface area contributed by atoms with E-state index in [0.29, 0.717) is 11.4 Å². The van der Waals surface area contributed by atoms with E-state index in [-0.39, 0.29) is 9.79 Å². The third-order valence-corrected chi connectivity index (χ3v) is 8.24. The lowest BCUT2D eigenvalue weighted by Gasteiger charge is -2.14. The van der Waals surface area contributed by atoms with Gasteiger partial charge in [0.25, 0.3) is 0 Å². The highest BCUT2D eigenvalue weighted by Gasteiger charge is 2.34. The molecule has 0 saturated heterocycles. The molecule has 0 heterocycles. The average molecular weight is 406 g/mol. The zero-order valence-electron chi connectivity index (χ0n) is 12.9. The van der Waals surface area contributed by atoms with Crippen molar-refractivity contribution in [3.8, 4) is 0 Å². The third kappa shape index (κ3) is 5.03. The molecule has 12 heteroatoms. The zero-order valence-corrected chi connectivity index (χ0v) is 15.4. The van der Waals surface area contributed by atoms with Crippen LogP contribution in [0.3, 0.4) is 0 Å². The average Bonchev–Trinajstić information content (AvgIpc) is 2.45. The summed E-state index contributed by atoms with van der Waals surface area (Å²) in [6, 6.07) is 9.67. The molecule has 0 aliphatic rings. The lowest BCUT2D eigenvalue weighted by Crippen LogP contribution is -2.10. The molecular weight excluding hydrogens is 391 g/mol. The van der Waals surface area contributed by atoms with Crippen molar-refractivity contribution in [2.45, 2.75) is 9.79 Å². The van der Waals surface area contributed by atoms with Crippen LogP contribution in [-0.4, -0.2) is 23.5 Å². The van der Waals surface area contributed by atoms with E-state index in [2.05, 4.69) is 7.94 Å². The second-order valence-electron chi connectivity index (χ2n) is 4.97. The van der Waals surface area contributed by atoms with Crippen LogP contribution in [0.5, 0.6) is 0 Å². The lowest BCUT2D eigenvalue weighted by molar-refractivity contribution is 0.386. The van der Waals surface area contributed by atoms with Gasteiger partial charge in [0.05, 0.1) is 9.79 Å². The minimum Gasteiger partial charge on any atom is -0.399 e. The summed E-state index contributed by atoms with van der Waals surface area (Å²) >= 11 is 0.